The topological polar surface area (TPSA) is 118 Å². The van der Waals surface area contributed by atoms with Gasteiger partial charge in [-0.25, -0.2) is 14.4 Å². The van der Waals surface area contributed by atoms with Crippen LogP contribution in [0, 0.1) is 5.92 Å². The molecule has 0 amide bonds. The molecule has 0 saturated carbocycles. The van der Waals surface area contributed by atoms with Crippen LogP contribution >= 0.6 is 0 Å². The Bertz CT molecular complexity index is 914. The third-order valence-corrected chi connectivity index (χ3v) is 6.18. The van der Waals surface area contributed by atoms with E-state index in [1.807, 2.05) is 6.92 Å². The number of methoxy groups -OCH3 is 1. The van der Waals surface area contributed by atoms with Crippen molar-refractivity contribution in [2.24, 2.45) is 5.92 Å². The van der Waals surface area contributed by atoms with Crippen LogP contribution < -0.4 is 0 Å². The average molecular weight is 448 g/mol. The second-order valence-electron chi connectivity index (χ2n) is 8.33. The van der Waals surface area contributed by atoms with Gasteiger partial charge >= 0.3 is 23.9 Å². The van der Waals surface area contributed by atoms with Crippen LogP contribution in [0.2, 0.25) is 0 Å². The number of fused-ring (bicyclic) bond motifs is 3. The summed E-state index contributed by atoms with van der Waals surface area (Å²) in [7, 11) is 1.20. The van der Waals surface area contributed by atoms with Crippen LogP contribution in [0.15, 0.2) is 35.5 Å². The molecule has 0 bridgehead atoms. The lowest BCUT2D eigenvalue weighted by Gasteiger charge is -2.33. The zero-order chi connectivity index (χ0) is 23.8. The largest absolute Gasteiger partial charge is 0.466 e. The van der Waals surface area contributed by atoms with Crippen LogP contribution in [0.3, 0.4) is 0 Å². The first kappa shape index (κ1) is 23.7. The number of esters is 4. The van der Waals surface area contributed by atoms with Gasteiger partial charge in [0.1, 0.15) is 12.2 Å². The van der Waals surface area contributed by atoms with Gasteiger partial charge in [0.05, 0.1) is 24.2 Å². The van der Waals surface area contributed by atoms with Crippen LogP contribution in [0.25, 0.3) is 0 Å². The second kappa shape index (κ2) is 8.90. The van der Waals surface area contributed by atoms with Crippen molar-refractivity contribution in [3.05, 3.63) is 35.5 Å². The maximum Gasteiger partial charge on any atom is 0.337 e. The molecule has 9 nitrogen and oxygen atoms in total. The van der Waals surface area contributed by atoms with Crippen molar-refractivity contribution < 1.29 is 42.9 Å². The number of hydrogen-bond donors (Lipinski definition) is 0. The summed E-state index contributed by atoms with van der Waals surface area (Å²) in [5, 5.41) is 0. The summed E-state index contributed by atoms with van der Waals surface area (Å²) in [4.78, 5) is 49.9. The molecule has 0 N–H and O–H groups in total. The number of carbonyl (C=O) groups excluding carboxylic acids is 4. The van der Waals surface area contributed by atoms with Crippen LogP contribution in [-0.2, 0) is 42.9 Å². The van der Waals surface area contributed by atoms with Gasteiger partial charge in [-0.2, -0.15) is 0 Å². The molecule has 2 saturated heterocycles. The fraction of sp³-hybridized carbons (Fsp3) is 0.565. The number of epoxide rings is 1. The van der Waals surface area contributed by atoms with E-state index in [0.717, 1.165) is 0 Å². The van der Waals surface area contributed by atoms with Crippen LogP contribution in [0.4, 0.5) is 0 Å². The van der Waals surface area contributed by atoms with E-state index in [0.29, 0.717) is 18.4 Å². The lowest BCUT2D eigenvalue weighted by Crippen LogP contribution is -2.48. The summed E-state index contributed by atoms with van der Waals surface area (Å²) in [5.74, 6) is -3.71. The van der Waals surface area contributed by atoms with E-state index in [1.165, 1.54) is 14.0 Å². The van der Waals surface area contributed by atoms with Gasteiger partial charge in [-0.05, 0) is 33.6 Å². The fourth-order valence-electron chi connectivity index (χ4n) is 4.21. The van der Waals surface area contributed by atoms with Crippen molar-refractivity contribution >= 4 is 23.9 Å². The lowest BCUT2D eigenvalue weighted by molar-refractivity contribution is -0.168. The maximum atomic E-state index is 12.8. The van der Waals surface area contributed by atoms with E-state index in [9.17, 15) is 19.2 Å². The van der Waals surface area contributed by atoms with Gasteiger partial charge in [-0.1, -0.05) is 18.7 Å². The standard InChI is InChI=1S/C23H28O9/c1-7-11(2)20(25)30-17-15-12(3)21(26)31-18(15)19-23(5,32-19)10-8-9-14(22(27)28-6)16(17)29-13(4)24/h7,9,15-19H,3,8,10H2,1-2,4-6H3/b11-7-,14-9+/t15-,16-,17-,18+,19-,23-/m1/s1. The minimum absolute atomic E-state index is 0.00669. The fourth-order valence-corrected chi connectivity index (χ4v) is 4.21. The molecule has 9 heteroatoms. The first-order valence-corrected chi connectivity index (χ1v) is 10.4. The van der Waals surface area contributed by atoms with Gasteiger partial charge in [0.15, 0.2) is 12.2 Å². The van der Waals surface area contributed by atoms with Crippen molar-refractivity contribution in [1.29, 1.82) is 0 Å². The van der Waals surface area contributed by atoms with Gasteiger partial charge in [-0.15, -0.1) is 0 Å². The van der Waals surface area contributed by atoms with Crippen molar-refractivity contribution in [2.75, 3.05) is 7.11 Å². The number of ether oxygens (including phenoxy) is 5. The summed E-state index contributed by atoms with van der Waals surface area (Å²) < 4.78 is 27.6. The molecular weight excluding hydrogens is 420 g/mol. The van der Waals surface area contributed by atoms with E-state index in [1.54, 1.807) is 26.0 Å². The summed E-state index contributed by atoms with van der Waals surface area (Å²) in [6.07, 6.45) is 0.190. The van der Waals surface area contributed by atoms with Gasteiger partial charge in [0.25, 0.3) is 0 Å². The Morgan fingerprint density at radius 3 is 2.53 bits per heavy atom. The molecule has 32 heavy (non-hydrogen) atoms. The summed E-state index contributed by atoms with van der Waals surface area (Å²) >= 11 is 0. The monoisotopic (exact) mass is 448 g/mol. The van der Waals surface area contributed by atoms with E-state index in [2.05, 4.69) is 6.58 Å². The molecule has 3 aliphatic rings. The zero-order valence-corrected chi connectivity index (χ0v) is 18.8. The van der Waals surface area contributed by atoms with Crippen LogP contribution in [0.1, 0.15) is 40.5 Å². The molecule has 3 rings (SSSR count). The molecule has 1 aliphatic carbocycles. The average Bonchev–Trinajstić information content (AvgIpc) is 3.33. The van der Waals surface area contributed by atoms with E-state index in [-0.39, 0.29) is 11.1 Å². The van der Waals surface area contributed by atoms with Crippen LogP contribution in [-0.4, -0.2) is 61.0 Å². The molecule has 2 fully saturated rings. The van der Waals surface area contributed by atoms with Gasteiger partial charge < -0.3 is 23.7 Å². The quantitative estimate of drug-likeness (QED) is 0.275. The third-order valence-electron chi connectivity index (χ3n) is 6.18. The van der Waals surface area contributed by atoms with Crippen molar-refractivity contribution in [1.82, 2.24) is 0 Å². The highest BCUT2D eigenvalue weighted by Gasteiger charge is 2.64. The van der Waals surface area contributed by atoms with Gasteiger partial charge in [0.2, 0.25) is 0 Å². The van der Waals surface area contributed by atoms with E-state index in [4.69, 9.17) is 23.7 Å². The molecular formula is C23H28O9. The first-order valence-electron chi connectivity index (χ1n) is 10.4. The minimum atomic E-state index is -1.34. The van der Waals surface area contributed by atoms with E-state index < -0.39 is 59.8 Å². The lowest BCUT2D eigenvalue weighted by atomic mass is 9.80. The van der Waals surface area contributed by atoms with Gasteiger partial charge in [0, 0.05) is 18.1 Å². The maximum absolute atomic E-state index is 12.8. The summed E-state index contributed by atoms with van der Waals surface area (Å²) in [6.45, 7) is 10.1. The predicted molar refractivity (Wildman–Crippen MR) is 110 cm³/mol. The van der Waals surface area contributed by atoms with Crippen LogP contribution in [0.5, 0.6) is 0 Å². The molecule has 174 valence electrons. The second-order valence-corrected chi connectivity index (χ2v) is 8.33. The Labute approximate surface area is 186 Å². The minimum Gasteiger partial charge on any atom is -0.466 e. The third kappa shape index (κ3) is 4.34. The molecule has 0 spiro atoms. The molecule has 0 aromatic heterocycles. The Hall–Kier alpha value is -2.94. The Morgan fingerprint density at radius 2 is 1.94 bits per heavy atom. The zero-order valence-electron chi connectivity index (χ0n) is 18.8. The highest BCUT2D eigenvalue weighted by atomic mass is 16.7. The van der Waals surface area contributed by atoms with E-state index >= 15 is 0 Å². The van der Waals surface area contributed by atoms with Crippen molar-refractivity contribution in [2.45, 2.75) is 70.6 Å². The molecule has 0 unspecified atom stereocenters. The van der Waals surface area contributed by atoms with Crippen molar-refractivity contribution in [3.8, 4) is 0 Å². The predicted octanol–water partition coefficient (Wildman–Crippen LogP) is 1.94. The smallest absolute Gasteiger partial charge is 0.337 e. The molecule has 0 aromatic carbocycles. The molecule has 2 heterocycles. The summed E-state index contributed by atoms with van der Waals surface area (Å²) in [5.41, 5.74) is -0.238. The number of carbonyl (C=O) groups is 4. The number of hydrogen-bond acceptors (Lipinski definition) is 9. The normalized spacial score (nSPS) is 36.0. The Kier molecular flexibility index (Phi) is 6.59. The molecule has 6 atom stereocenters. The molecule has 0 aromatic rings. The first-order chi connectivity index (χ1) is 15.0. The SMILES string of the molecule is C=C1C(=O)O[C@H]2[C@H]1[C@@H](OC(=O)/C(C)=C\C)[C@H](OC(C)=O)/C(C(=O)OC)=C\CC[C@@]1(C)O[C@H]21. The highest BCUT2D eigenvalue weighted by molar-refractivity contribution is 5.93. The Balaban J connectivity index is 2.17. The molecule has 0 radical (unpaired) electrons. The Morgan fingerprint density at radius 1 is 1.25 bits per heavy atom. The van der Waals surface area contributed by atoms with Gasteiger partial charge in [-0.3, -0.25) is 4.79 Å². The number of allylic oxidation sites excluding steroid dienone is 2. The van der Waals surface area contributed by atoms with Crippen molar-refractivity contribution in [3.63, 3.8) is 0 Å². The molecule has 2 aliphatic heterocycles. The highest BCUT2D eigenvalue weighted by Crippen LogP contribution is 2.50. The summed E-state index contributed by atoms with van der Waals surface area (Å²) in [6, 6.07) is 0. The number of rotatable bonds is 4.